The van der Waals surface area contributed by atoms with Crippen molar-refractivity contribution in [2.45, 2.75) is 38.1 Å². The molecule has 0 aliphatic carbocycles. The Kier molecular flexibility index (Phi) is 4.44. The third-order valence-electron chi connectivity index (χ3n) is 4.75. The number of likely N-dealkylation sites (tertiary alicyclic amines) is 2. The molecule has 0 spiro atoms. The highest BCUT2D eigenvalue weighted by Gasteiger charge is 2.24. The maximum Gasteiger partial charge on any atom is 0.407 e. The summed E-state index contributed by atoms with van der Waals surface area (Å²) in [5, 5.41) is 9.13. The molecule has 0 saturated carbocycles. The fourth-order valence-electron chi connectivity index (χ4n) is 3.52. The van der Waals surface area contributed by atoms with Gasteiger partial charge in [-0.05, 0) is 49.9 Å². The zero-order valence-electron chi connectivity index (χ0n) is 12.5. The minimum atomic E-state index is -0.787. The lowest BCUT2D eigenvalue weighted by atomic mass is 9.90. The standard InChI is InChI=1S/C17H24N2O2/c20-17(21)19-11-3-4-16(13-19)15-7-5-14(6-8-15)12-18-9-1-2-10-18/h5-8,16H,1-4,9-13H2,(H,20,21). The number of amides is 1. The van der Waals surface area contributed by atoms with Crippen molar-refractivity contribution in [2.75, 3.05) is 26.2 Å². The van der Waals surface area contributed by atoms with Crippen LogP contribution >= 0.6 is 0 Å². The monoisotopic (exact) mass is 288 g/mol. The van der Waals surface area contributed by atoms with Crippen LogP contribution in [0.15, 0.2) is 24.3 Å². The number of rotatable bonds is 3. The molecule has 4 nitrogen and oxygen atoms in total. The van der Waals surface area contributed by atoms with E-state index in [0.717, 1.165) is 19.4 Å². The second-order valence-corrected chi connectivity index (χ2v) is 6.29. The van der Waals surface area contributed by atoms with Crippen molar-refractivity contribution in [3.8, 4) is 0 Å². The lowest BCUT2D eigenvalue weighted by Gasteiger charge is -2.31. The van der Waals surface area contributed by atoms with Gasteiger partial charge in [0.2, 0.25) is 0 Å². The molecule has 114 valence electrons. The average Bonchev–Trinajstić information content (AvgIpc) is 3.01. The van der Waals surface area contributed by atoms with Crippen LogP contribution in [-0.2, 0) is 6.54 Å². The van der Waals surface area contributed by atoms with Crippen LogP contribution in [0.3, 0.4) is 0 Å². The smallest absolute Gasteiger partial charge is 0.407 e. The van der Waals surface area contributed by atoms with E-state index < -0.39 is 6.09 Å². The van der Waals surface area contributed by atoms with Crippen LogP contribution in [0, 0.1) is 0 Å². The zero-order valence-corrected chi connectivity index (χ0v) is 12.5. The Morgan fingerprint density at radius 1 is 1.10 bits per heavy atom. The van der Waals surface area contributed by atoms with Crippen molar-refractivity contribution in [2.24, 2.45) is 0 Å². The highest BCUT2D eigenvalue weighted by Crippen LogP contribution is 2.27. The molecule has 0 radical (unpaired) electrons. The fraction of sp³-hybridized carbons (Fsp3) is 0.588. The van der Waals surface area contributed by atoms with Gasteiger partial charge in [0.25, 0.3) is 0 Å². The molecule has 2 fully saturated rings. The summed E-state index contributed by atoms with van der Waals surface area (Å²) in [5.74, 6) is 0.357. The Labute approximate surface area is 126 Å². The average molecular weight is 288 g/mol. The lowest BCUT2D eigenvalue weighted by Crippen LogP contribution is -2.38. The van der Waals surface area contributed by atoms with Gasteiger partial charge in [-0.3, -0.25) is 4.90 Å². The lowest BCUT2D eigenvalue weighted by molar-refractivity contribution is 0.130. The van der Waals surface area contributed by atoms with Crippen molar-refractivity contribution < 1.29 is 9.90 Å². The molecule has 2 heterocycles. The molecule has 1 N–H and O–H groups in total. The quantitative estimate of drug-likeness (QED) is 0.929. The van der Waals surface area contributed by atoms with Crippen LogP contribution in [0.2, 0.25) is 0 Å². The summed E-state index contributed by atoms with van der Waals surface area (Å²) in [6.07, 6.45) is 3.92. The van der Waals surface area contributed by atoms with E-state index in [4.69, 9.17) is 5.11 Å². The minimum Gasteiger partial charge on any atom is -0.465 e. The Morgan fingerprint density at radius 2 is 1.81 bits per heavy atom. The first-order valence-corrected chi connectivity index (χ1v) is 8.01. The molecular formula is C17H24N2O2. The molecule has 3 rings (SSSR count). The molecule has 2 aliphatic rings. The number of piperidine rings is 1. The summed E-state index contributed by atoms with van der Waals surface area (Å²) in [6.45, 7) is 4.81. The maximum absolute atomic E-state index is 11.1. The molecular weight excluding hydrogens is 264 g/mol. The third-order valence-corrected chi connectivity index (χ3v) is 4.75. The van der Waals surface area contributed by atoms with E-state index in [1.165, 1.54) is 37.1 Å². The van der Waals surface area contributed by atoms with E-state index in [1.54, 1.807) is 4.90 Å². The first kappa shape index (κ1) is 14.4. The van der Waals surface area contributed by atoms with Gasteiger partial charge in [0.1, 0.15) is 0 Å². The normalized spacial score (nSPS) is 23.4. The molecule has 21 heavy (non-hydrogen) atoms. The van der Waals surface area contributed by atoms with E-state index in [-0.39, 0.29) is 0 Å². The van der Waals surface area contributed by atoms with Crippen molar-refractivity contribution >= 4 is 6.09 Å². The molecule has 1 aromatic carbocycles. The van der Waals surface area contributed by atoms with E-state index in [1.807, 2.05) is 0 Å². The molecule has 2 aliphatic heterocycles. The van der Waals surface area contributed by atoms with Crippen molar-refractivity contribution in [3.63, 3.8) is 0 Å². The van der Waals surface area contributed by atoms with Gasteiger partial charge in [-0.15, -0.1) is 0 Å². The first-order valence-electron chi connectivity index (χ1n) is 8.01. The van der Waals surface area contributed by atoms with Crippen molar-refractivity contribution in [3.05, 3.63) is 35.4 Å². The van der Waals surface area contributed by atoms with Crippen LogP contribution in [-0.4, -0.2) is 47.2 Å². The second-order valence-electron chi connectivity index (χ2n) is 6.29. The number of nitrogens with zero attached hydrogens (tertiary/aromatic N) is 2. The van der Waals surface area contributed by atoms with E-state index in [0.29, 0.717) is 19.0 Å². The first-order chi connectivity index (χ1) is 10.2. The third kappa shape index (κ3) is 3.56. The fourth-order valence-corrected chi connectivity index (χ4v) is 3.52. The molecule has 0 bridgehead atoms. The van der Waals surface area contributed by atoms with Gasteiger partial charge in [-0.1, -0.05) is 24.3 Å². The Hall–Kier alpha value is -1.55. The number of hydrogen-bond donors (Lipinski definition) is 1. The number of carboxylic acid groups (broad SMARTS) is 1. The molecule has 0 aromatic heterocycles. The summed E-state index contributed by atoms with van der Waals surface area (Å²) < 4.78 is 0. The van der Waals surface area contributed by atoms with E-state index in [9.17, 15) is 4.79 Å². The van der Waals surface area contributed by atoms with Gasteiger partial charge < -0.3 is 10.0 Å². The predicted molar refractivity (Wildman–Crippen MR) is 82.5 cm³/mol. The highest BCUT2D eigenvalue weighted by molar-refractivity contribution is 5.65. The zero-order chi connectivity index (χ0) is 14.7. The Balaban J connectivity index is 1.61. The molecule has 1 aromatic rings. The van der Waals surface area contributed by atoms with Gasteiger partial charge in [0.05, 0.1) is 0 Å². The van der Waals surface area contributed by atoms with Gasteiger partial charge in [0, 0.05) is 25.6 Å². The summed E-state index contributed by atoms with van der Waals surface area (Å²) in [6, 6.07) is 8.82. The number of benzene rings is 1. The molecule has 4 heteroatoms. The Bertz CT molecular complexity index is 480. The van der Waals surface area contributed by atoms with Crippen LogP contribution < -0.4 is 0 Å². The van der Waals surface area contributed by atoms with E-state index in [2.05, 4.69) is 29.2 Å². The highest BCUT2D eigenvalue weighted by atomic mass is 16.4. The SMILES string of the molecule is O=C(O)N1CCCC(c2ccc(CN3CCCC3)cc2)C1. The number of hydrogen-bond acceptors (Lipinski definition) is 2. The largest absolute Gasteiger partial charge is 0.465 e. The van der Waals surface area contributed by atoms with Crippen molar-refractivity contribution in [1.82, 2.24) is 9.80 Å². The van der Waals surface area contributed by atoms with Crippen LogP contribution in [0.25, 0.3) is 0 Å². The van der Waals surface area contributed by atoms with Crippen LogP contribution in [0.5, 0.6) is 0 Å². The minimum absolute atomic E-state index is 0.357. The predicted octanol–water partition coefficient (Wildman–Crippen LogP) is 3.14. The Morgan fingerprint density at radius 3 is 2.48 bits per heavy atom. The topological polar surface area (TPSA) is 43.8 Å². The molecule has 1 unspecified atom stereocenters. The summed E-state index contributed by atoms with van der Waals surface area (Å²) in [7, 11) is 0. The van der Waals surface area contributed by atoms with E-state index >= 15 is 0 Å². The van der Waals surface area contributed by atoms with Crippen LogP contribution in [0.1, 0.15) is 42.7 Å². The van der Waals surface area contributed by atoms with Gasteiger partial charge in [-0.2, -0.15) is 0 Å². The van der Waals surface area contributed by atoms with Gasteiger partial charge >= 0.3 is 6.09 Å². The second kappa shape index (κ2) is 6.48. The molecule has 1 amide bonds. The maximum atomic E-state index is 11.1. The van der Waals surface area contributed by atoms with Gasteiger partial charge in [0.15, 0.2) is 0 Å². The molecule has 2 saturated heterocycles. The summed E-state index contributed by atoms with van der Waals surface area (Å²) >= 11 is 0. The summed E-state index contributed by atoms with van der Waals surface area (Å²) in [5.41, 5.74) is 2.65. The van der Waals surface area contributed by atoms with Crippen molar-refractivity contribution in [1.29, 1.82) is 0 Å². The van der Waals surface area contributed by atoms with Crippen LogP contribution in [0.4, 0.5) is 4.79 Å². The number of carbonyl (C=O) groups is 1. The summed E-state index contributed by atoms with van der Waals surface area (Å²) in [4.78, 5) is 15.1. The molecule has 1 atom stereocenters. The van der Waals surface area contributed by atoms with Gasteiger partial charge in [-0.25, -0.2) is 4.79 Å².